The van der Waals surface area contributed by atoms with E-state index in [4.69, 9.17) is 5.11 Å². The van der Waals surface area contributed by atoms with E-state index in [2.05, 4.69) is 9.97 Å². The number of imidazole rings is 1. The van der Waals surface area contributed by atoms with Gasteiger partial charge in [0.1, 0.15) is 0 Å². The van der Waals surface area contributed by atoms with Crippen molar-refractivity contribution < 1.29 is 9.90 Å². The van der Waals surface area contributed by atoms with E-state index in [1.807, 2.05) is 24.3 Å². The highest BCUT2D eigenvalue weighted by Crippen LogP contribution is 2.29. The maximum Gasteiger partial charge on any atom is 0.407 e. The lowest BCUT2D eigenvalue weighted by Crippen LogP contribution is -2.38. The Labute approximate surface area is 115 Å². The molecular formula is C13H15N3O2S. The predicted octanol–water partition coefficient (Wildman–Crippen LogP) is 2.80. The normalized spacial score (nSPS) is 16.9. The first-order chi connectivity index (χ1) is 9.22. The largest absolute Gasteiger partial charge is 0.465 e. The number of aromatic amines is 1. The summed E-state index contributed by atoms with van der Waals surface area (Å²) in [6.45, 7) is 1.24. The zero-order valence-electron chi connectivity index (χ0n) is 10.4. The molecule has 1 aliphatic rings. The van der Waals surface area contributed by atoms with Crippen LogP contribution in [0.5, 0.6) is 0 Å². The molecule has 0 bridgehead atoms. The van der Waals surface area contributed by atoms with Crippen LogP contribution in [0.3, 0.4) is 0 Å². The number of likely N-dealkylation sites (tertiary alicyclic amines) is 1. The van der Waals surface area contributed by atoms with E-state index in [9.17, 15) is 4.79 Å². The molecule has 0 radical (unpaired) electrons. The van der Waals surface area contributed by atoms with Gasteiger partial charge >= 0.3 is 6.09 Å². The monoisotopic (exact) mass is 277 g/mol. The molecule has 0 aliphatic carbocycles. The van der Waals surface area contributed by atoms with Gasteiger partial charge in [-0.25, -0.2) is 9.78 Å². The number of piperidine rings is 1. The van der Waals surface area contributed by atoms with Gasteiger partial charge < -0.3 is 15.0 Å². The molecule has 1 fully saturated rings. The first-order valence-corrected chi connectivity index (χ1v) is 7.19. The smallest absolute Gasteiger partial charge is 0.407 e. The number of nitrogens with one attached hydrogen (secondary N) is 1. The van der Waals surface area contributed by atoms with Gasteiger partial charge in [-0.15, -0.1) is 0 Å². The summed E-state index contributed by atoms with van der Waals surface area (Å²) in [5.74, 6) is 0. The molecule has 3 rings (SSSR count). The van der Waals surface area contributed by atoms with Crippen LogP contribution >= 0.6 is 11.8 Å². The number of para-hydroxylation sites is 2. The third-order valence-corrected chi connectivity index (χ3v) is 4.58. The van der Waals surface area contributed by atoms with Gasteiger partial charge in [-0.05, 0) is 25.0 Å². The molecule has 19 heavy (non-hydrogen) atoms. The molecule has 100 valence electrons. The van der Waals surface area contributed by atoms with E-state index in [-0.39, 0.29) is 0 Å². The Balaban J connectivity index is 1.64. The Morgan fingerprint density at radius 3 is 2.79 bits per heavy atom. The van der Waals surface area contributed by atoms with E-state index in [0.29, 0.717) is 18.3 Å². The molecule has 1 aliphatic heterocycles. The van der Waals surface area contributed by atoms with Crippen molar-refractivity contribution in [3.8, 4) is 0 Å². The van der Waals surface area contributed by atoms with Gasteiger partial charge in [-0.1, -0.05) is 23.9 Å². The van der Waals surface area contributed by atoms with Crippen LogP contribution in [0.25, 0.3) is 11.0 Å². The quantitative estimate of drug-likeness (QED) is 0.885. The average Bonchev–Trinajstić information content (AvgIpc) is 2.81. The van der Waals surface area contributed by atoms with E-state index < -0.39 is 6.09 Å². The zero-order chi connectivity index (χ0) is 13.2. The topological polar surface area (TPSA) is 69.2 Å². The Morgan fingerprint density at radius 1 is 1.37 bits per heavy atom. The van der Waals surface area contributed by atoms with Crippen molar-refractivity contribution in [1.82, 2.24) is 14.9 Å². The fourth-order valence-electron chi connectivity index (χ4n) is 2.31. The number of amides is 1. The first-order valence-electron chi connectivity index (χ1n) is 6.31. The molecular weight excluding hydrogens is 262 g/mol. The highest BCUT2D eigenvalue weighted by Gasteiger charge is 2.23. The summed E-state index contributed by atoms with van der Waals surface area (Å²) in [6, 6.07) is 7.96. The Hall–Kier alpha value is -1.69. The number of hydrogen-bond donors (Lipinski definition) is 2. The number of thioether (sulfide) groups is 1. The van der Waals surface area contributed by atoms with Gasteiger partial charge in [-0.2, -0.15) is 0 Å². The summed E-state index contributed by atoms with van der Waals surface area (Å²) < 4.78 is 0. The minimum absolute atomic E-state index is 0.441. The number of nitrogens with zero attached hydrogens (tertiary/aromatic N) is 2. The highest BCUT2D eigenvalue weighted by molar-refractivity contribution is 7.99. The number of benzene rings is 1. The number of hydrogen-bond acceptors (Lipinski definition) is 3. The van der Waals surface area contributed by atoms with Crippen molar-refractivity contribution in [1.29, 1.82) is 0 Å². The molecule has 1 saturated heterocycles. The van der Waals surface area contributed by atoms with Gasteiger partial charge in [0.05, 0.1) is 11.0 Å². The fraction of sp³-hybridized carbons (Fsp3) is 0.385. The number of rotatable bonds is 2. The van der Waals surface area contributed by atoms with Crippen molar-refractivity contribution in [3.05, 3.63) is 24.3 Å². The van der Waals surface area contributed by atoms with E-state index in [1.165, 1.54) is 4.90 Å². The Bertz CT molecular complexity index is 557. The molecule has 6 heteroatoms. The first kappa shape index (κ1) is 12.3. The second-order valence-corrected chi connectivity index (χ2v) is 5.94. The summed E-state index contributed by atoms with van der Waals surface area (Å²) in [7, 11) is 0. The number of carbonyl (C=O) groups is 1. The summed E-state index contributed by atoms with van der Waals surface area (Å²) >= 11 is 1.72. The number of aromatic nitrogens is 2. The van der Waals surface area contributed by atoms with Gasteiger partial charge in [-0.3, -0.25) is 0 Å². The second kappa shape index (κ2) is 5.13. The predicted molar refractivity (Wildman–Crippen MR) is 74.6 cm³/mol. The molecule has 1 aromatic heterocycles. The third kappa shape index (κ3) is 2.68. The van der Waals surface area contributed by atoms with Crippen LogP contribution in [-0.2, 0) is 0 Å². The molecule has 1 aromatic carbocycles. The molecule has 0 spiro atoms. The zero-order valence-corrected chi connectivity index (χ0v) is 11.2. The van der Waals surface area contributed by atoms with Crippen LogP contribution in [0.15, 0.2) is 29.4 Å². The molecule has 0 saturated carbocycles. The summed E-state index contributed by atoms with van der Waals surface area (Å²) in [5, 5.41) is 10.3. The Morgan fingerprint density at radius 2 is 2.11 bits per heavy atom. The lowest BCUT2D eigenvalue weighted by atomic mass is 10.1. The highest BCUT2D eigenvalue weighted by atomic mass is 32.2. The van der Waals surface area contributed by atoms with Gasteiger partial charge in [0, 0.05) is 18.3 Å². The average molecular weight is 277 g/mol. The van der Waals surface area contributed by atoms with Crippen LogP contribution in [-0.4, -0.2) is 44.4 Å². The molecule has 0 unspecified atom stereocenters. The SMILES string of the molecule is O=C(O)N1CCC(Sc2nc3ccccc3[nH]2)CC1. The van der Waals surface area contributed by atoms with Crippen molar-refractivity contribution in [2.45, 2.75) is 23.2 Å². The molecule has 5 nitrogen and oxygen atoms in total. The minimum atomic E-state index is -0.813. The lowest BCUT2D eigenvalue weighted by Gasteiger charge is -2.28. The summed E-state index contributed by atoms with van der Waals surface area (Å²) in [5.41, 5.74) is 2.03. The van der Waals surface area contributed by atoms with E-state index in [1.54, 1.807) is 11.8 Å². The van der Waals surface area contributed by atoms with Crippen LogP contribution in [0.4, 0.5) is 4.79 Å². The molecule has 0 atom stereocenters. The molecule has 2 heterocycles. The molecule has 1 amide bonds. The van der Waals surface area contributed by atoms with E-state index >= 15 is 0 Å². The van der Waals surface area contributed by atoms with Gasteiger partial charge in [0.15, 0.2) is 5.16 Å². The number of H-pyrrole nitrogens is 1. The molecule has 2 N–H and O–H groups in total. The third-order valence-electron chi connectivity index (χ3n) is 3.36. The van der Waals surface area contributed by atoms with Gasteiger partial charge in [0.25, 0.3) is 0 Å². The van der Waals surface area contributed by atoms with Crippen molar-refractivity contribution in [2.75, 3.05) is 13.1 Å². The van der Waals surface area contributed by atoms with Crippen LogP contribution < -0.4 is 0 Å². The van der Waals surface area contributed by atoms with Crippen LogP contribution in [0.1, 0.15) is 12.8 Å². The van der Waals surface area contributed by atoms with Gasteiger partial charge in [0.2, 0.25) is 0 Å². The minimum Gasteiger partial charge on any atom is -0.465 e. The molecule has 2 aromatic rings. The Kier molecular flexibility index (Phi) is 3.33. The number of carboxylic acid groups (broad SMARTS) is 1. The van der Waals surface area contributed by atoms with Crippen LogP contribution in [0.2, 0.25) is 0 Å². The summed E-state index contributed by atoms with van der Waals surface area (Å²) in [6.07, 6.45) is 0.953. The maximum absolute atomic E-state index is 10.8. The van der Waals surface area contributed by atoms with Crippen molar-refractivity contribution in [2.24, 2.45) is 0 Å². The maximum atomic E-state index is 10.8. The van der Waals surface area contributed by atoms with Crippen LogP contribution in [0, 0.1) is 0 Å². The van der Waals surface area contributed by atoms with Crippen molar-refractivity contribution in [3.63, 3.8) is 0 Å². The van der Waals surface area contributed by atoms with Crippen molar-refractivity contribution >= 4 is 28.9 Å². The second-order valence-electron chi connectivity index (χ2n) is 4.65. The lowest BCUT2D eigenvalue weighted by molar-refractivity contribution is 0.136. The standard InChI is InChI=1S/C13H15N3O2S/c17-13(18)16-7-5-9(6-8-16)19-12-14-10-3-1-2-4-11(10)15-12/h1-4,9H,5-8H2,(H,14,15)(H,17,18). The van der Waals surface area contributed by atoms with E-state index in [0.717, 1.165) is 29.0 Å². The fourth-order valence-corrected chi connectivity index (χ4v) is 3.39. The number of fused-ring (bicyclic) bond motifs is 1. The summed E-state index contributed by atoms with van der Waals surface area (Å²) in [4.78, 5) is 20.2.